The van der Waals surface area contributed by atoms with E-state index in [1.165, 1.54) is 0 Å². The van der Waals surface area contributed by atoms with Gasteiger partial charge < -0.3 is 19.8 Å². The average Bonchev–Trinajstić information content (AvgIpc) is 2.39. The van der Waals surface area contributed by atoms with Gasteiger partial charge in [-0.1, -0.05) is 36.4 Å². The third-order valence-corrected chi connectivity index (χ3v) is 2.75. The molecule has 3 atom stereocenters. The lowest BCUT2D eigenvalue weighted by Crippen LogP contribution is -2.09. The second-order valence-corrected chi connectivity index (χ2v) is 5.05. The lowest BCUT2D eigenvalue weighted by molar-refractivity contribution is 0.0599. The molecule has 0 aromatic heterocycles. The van der Waals surface area contributed by atoms with Crippen molar-refractivity contribution in [3.05, 3.63) is 48.6 Å². The van der Waals surface area contributed by atoms with E-state index in [-0.39, 0.29) is 6.10 Å². The monoisotopic (exact) mass is 288 g/mol. The van der Waals surface area contributed by atoms with E-state index in [9.17, 15) is 4.57 Å². The van der Waals surface area contributed by atoms with Gasteiger partial charge in [-0.25, -0.2) is 0 Å². The van der Waals surface area contributed by atoms with Crippen LogP contribution in [0, 0.1) is 0 Å². The maximum absolute atomic E-state index is 10.4. The third kappa shape index (κ3) is 9.59. The zero-order valence-corrected chi connectivity index (χ0v) is 11.9. The van der Waals surface area contributed by atoms with Crippen molar-refractivity contribution in [3.8, 4) is 0 Å². The molecule has 19 heavy (non-hydrogen) atoms. The van der Waals surface area contributed by atoms with Crippen molar-refractivity contribution in [1.29, 1.82) is 0 Å². The van der Waals surface area contributed by atoms with Crippen LogP contribution in [0.5, 0.6) is 0 Å². The van der Waals surface area contributed by atoms with Crippen LogP contribution in [-0.4, -0.2) is 34.4 Å². The van der Waals surface area contributed by atoms with Crippen molar-refractivity contribution >= 4 is 8.03 Å². The Morgan fingerprint density at radius 2 is 1.95 bits per heavy atom. The predicted octanol–water partition coefficient (Wildman–Crippen LogP) is 1.71. The highest BCUT2D eigenvalue weighted by molar-refractivity contribution is 7.38. The summed E-state index contributed by atoms with van der Waals surface area (Å²) >= 11 is 0. The minimum Gasteiger partial charge on any atom is -0.391 e. The van der Waals surface area contributed by atoms with E-state index in [1.807, 2.05) is 0 Å². The van der Waals surface area contributed by atoms with Crippen LogP contribution in [-0.2, 0) is 9.30 Å². The summed E-state index contributed by atoms with van der Waals surface area (Å²) in [6.07, 6.45) is 1.29. The van der Waals surface area contributed by atoms with Crippen LogP contribution in [0.15, 0.2) is 43.0 Å². The van der Waals surface area contributed by atoms with Crippen molar-refractivity contribution in [3.63, 3.8) is 0 Å². The molecule has 0 saturated heterocycles. The number of hydrogen-bond acceptors (Lipinski definition) is 4. The molecule has 108 valence electrons. The van der Waals surface area contributed by atoms with Crippen molar-refractivity contribution < 1.29 is 24.4 Å². The number of rotatable bonds is 6. The molecule has 6 heteroatoms. The van der Waals surface area contributed by atoms with Gasteiger partial charge in [0.05, 0.1) is 19.3 Å². The Hall–Kier alpha value is -0.970. The molecule has 3 unspecified atom stereocenters. The molecule has 0 aliphatic carbocycles. The lowest BCUT2D eigenvalue weighted by atomic mass is 10.2. The maximum Gasteiger partial charge on any atom is 0.221 e. The van der Waals surface area contributed by atoms with Gasteiger partial charge in [0.1, 0.15) is 0 Å². The second kappa shape index (κ2) is 10.9. The Morgan fingerprint density at radius 1 is 1.37 bits per heavy atom. The minimum absolute atomic E-state index is 0.366. The molecule has 0 radical (unpaired) electrons. The lowest BCUT2D eigenvalue weighted by Gasteiger charge is -2.04. The Morgan fingerprint density at radius 3 is 2.37 bits per heavy atom. The zero-order chi connectivity index (χ0) is 14.7. The predicted molar refractivity (Wildman–Crippen MR) is 75.3 cm³/mol. The van der Waals surface area contributed by atoms with E-state index in [0.717, 1.165) is 0 Å². The van der Waals surface area contributed by atoms with E-state index in [4.69, 9.17) is 19.8 Å². The molecule has 0 saturated carbocycles. The molecular weight excluding hydrogens is 267 g/mol. The molecule has 0 fully saturated rings. The minimum atomic E-state index is -2.86. The van der Waals surface area contributed by atoms with Crippen LogP contribution < -0.4 is 0 Å². The van der Waals surface area contributed by atoms with Gasteiger partial charge in [0.2, 0.25) is 8.03 Å². The Balaban J connectivity index is 0.000000362. The van der Waals surface area contributed by atoms with Crippen molar-refractivity contribution in [2.24, 2.45) is 0 Å². The summed E-state index contributed by atoms with van der Waals surface area (Å²) in [6, 6.07) is 8.43. The van der Waals surface area contributed by atoms with Crippen LogP contribution in [0.25, 0.3) is 0 Å². The van der Waals surface area contributed by atoms with Crippen molar-refractivity contribution in [1.82, 2.24) is 0 Å². The topological polar surface area (TPSA) is 87.0 Å². The van der Waals surface area contributed by atoms with Crippen LogP contribution in [0.4, 0.5) is 0 Å². The molecule has 1 aromatic carbocycles. The van der Waals surface area contributed by atoms with Gasteiger partial charge in [-0.3, -0.25) is 4.57 Å². The van der Waals surface area contributed by atoms with Crippen LogP contribution >= 0.6 is 8.03 Å². The summed E-state index contributed by atoms with van der Waals surface area (Å²) in [7, 11) is -2.86. The molecule has 0 bridgehead atoms. The Labute approximate surface area is 114 Å². The highest BCUT2D eigenvalue weighted by atomic mass is 31.1. The van der Waals surface area contributed by atoms with E-state index in [0.29, 0.717) is 18.8 Å². The van der Waals surface area contributed by atoms with Gasteiger partial charge in [-0.2, -0.15) is 0 Å². The third-order valence-electron chi connectivity index (χ3n) is 1.94. The highest BCUT2D eigenvalue weighted by Gasteiger charge is 2.10. The van der Waals surface area contributed by atoms with Crippen LogP contribution in [0.3, 0.4) is 0 Å². The second-order valence-electron chi connectivity index (χ2n) is 3.83. The molecule has 0 aliphatic heterocycles. The van der Waals surface area contributed by atoms with E-state index in [1.54, 1.807) is 43.3 Å². The standard InChI is InChI=1S/C7H9O3P.C6H12O2/c8-7(11(9)10)6-4-2-1-3-5-6;1-3-4-8-5-6(2)7/h1-5,7-8,11H,(H,9,10);3,6-7H,1,4-5H2,2H3. The molecule has 0 aliphatic rings. The zero-order valence-electron chi connectivity index (χ0n) is 10.9. The fourth-order valence-corrected chi connectivity index (χ4v) is 1.58. The van der Waals surface area contributed by atoms with Crippen molar-refractivity contribution in [2.45, 2.75) is 18.9 Å². The number of ether oxygens (including phenoxy) is 1. The number of benzene rings is 1. The summed E-state index contributed by atoms with van der Waals surface area (Å²) in [5, 5.41) is 17.7. The number of aliphatic hydroxyl groups excluding tert-OH is 2. The number of hydrogen-bond donors (Lipinski definition) is 3. The Bertz CT molecular complexity index is 367. The fourth-order valence-electron chi connectivity index (χ4n) is 1.10. The van der Waals surface area contributed by atoms with Crippen molar-refractivity contribution in [2.75, 3.05) is 13.2 Å². The molecule has 0 spiro atoms. The van der Waals surface area contributed by atoms with Gasteiger partial charge in [0, 0.05) is 0 Å². The van der Waals surface area contributed by atoms with E-state index in [2.05, 4.69) is 6.58 Å². The smallest absolute Gasteiger partial charge is 0.221 e. The van der Waals surface area contributed by atoms with Crippen LogP contribution in [0.2, 0.25) is 0 Å². The summed E-state index contributed by atoms with van der Waals surface area (Å²) in [6.45, 7) is 6.05. The van der Waals surface area contributed by atoms with Crippen LogP contribution in [0.1, 0.15) is 18.3 Å². The molecule has 1 aromatic rings. The normalized spacial score (nSPS) is 14.7. The Kier molecular flexibility index (Phi) is 10.4. The first kappa shape index (κ1) is 18.0. The first-order valence-electron chi connectivity index (χ1n) is 5.81. The van der Waals surface area contributed by atoms with Gasteiger partial charge in [0.15, 0.2) is 5.85 Å². The molecular formula is C13H21O5P. The molecule has 3 N–H and O–H groups in total. The largest absolute Gasteiger partial charge is 0.391 e. The first-order valence-corrected chi connectivity index (χ1v) is 7.24. The molecule has 0 heterocycles. The highest BCUT2D eigenvalue weighted by Crippen LogP contribution is 2.34. The molecule has 1 rings (SSSR count). The summed E-state index contributed by atoms with van der Waals surface area (Å²) in [4.78, 5) is 8.57. The van der Waals surface area contributed by atoms with Gasteiger partial charge in [0.25, 0.3) is 0 Å². The molecule has 0 amide bonds. The number of aliphatic hydroxyl groups is 2. The van der Waals surface area contributed by atoms with Gasteiger partial charge >= 0.3 is 0 Å². The maximum atomic E-state index is 10.4. The van der Waals surface area contributed by atoms with Gasteiger partial charge in [-0.05, 0) is 12.5 Å². The quantitative estimate of drug-likeness (QED) is 0.421. The van der Waals surface area contributed by atoms with E-state index >= 15 is 0 Å². The average molecular weight is 288 g/mol. The summed E-state index contributed by atoms with van der Waals surface area (Å²) in [5.74, 6) is -1.22. The summed E-state index contributed by atoms with van der Waals surface area (Å²) < 4.78 is 15.3. The molecule has 5 nitrogen and oxygen atoms in total. The fraction of sp³-hybridized carbons (Fsp3) is 0.385. The summed E-state index contributed by atoms with van der Waals surface area (Å²) in [5.41, 5.74) is 0.485. The first-order chi connectivity index (χ1) is 8.99. The van der Waals surface area contributed by atoms with Gasteiger partial charge in [-0.15, -0.1) is 6.58 Å². The SMILES string of the molecule is C=CCOCC(C)O.O=[PH](O)C(O)c1ccccc1. The van der Waals surface area contributed by atoms with E-state index < -0.39 is 13.9 Å².